The molecule has 2 atom stereocenters. The van der Waals surface area contributed by atoms with Gasteiger partial charge in [0.1, 0.15) is 0 Å². The average molecular weight is 330 g/mol. The molecule has 0 N–H and O–H groups in total. The maximum absolute atomic E-state index is 6.53. The number of hydrogen-bond donors (Lipinski definition) is 0. The Morgan fingerprint density at radius 2 is 1.84 bits per heavy atom. The second-order valence-corrected chi connectivity index (χ2v) is 7.47. The highest BCUT2D eigenvalue weighted by atomic mass is 79.9. The van der Waals surface area contributed by atoms with Crippen molar-refractivity contribution < 1.29 is 4.74 Å². The second kappa shape index (κ2) is 6.44. The summed E-state index contributed by atoms with van der Waals surface area (Å²) in [6.07, 6.45) is 14.1. The Balaban J connectivity index is 1.53. The van der Waals surface area contributed by atoms with E-state index in [1.165, 1.54) is 77.3 Å². The molecule has 3 heteroatoms. The first-order valence-electron chi connectivity index (χ1n) is 8.29. The quantitative estimate of drug-likeness (QED) is 0.722. The van der Waals surface area contributed by atoms with Gasteiger partial charge in [0.15, 0.2) is 0 Å². The molecule has 0 aromatic rings. The van der Waals surface area contributed by atoms with Gasteiger partial charge in [0.05, 0.1) is 11.7 Å². The topological polar surface area (TPSA) is 12.5 Å². The van der Waals surface area contributed by atoms with Crippen LogP contribution in [0.15, 0.2) is 0 Å². The summed E-state index contributed by atoms with van der Waals surface area (Å²) in [6.45, 7) is 2.46. The predicted molar refractivity (Wildman–Crippen MR) is 82.9 cm³/mol. The van der Waals surface area contributed by atoms with Crippen molar-refractivity contribution in [3.8, 4) is 0 Å². The van der Waals surface area contributed by atoms with Crippen LogP contribution in [0, 0.1) is 0 Å². The maximum Gasteiger partial charge on any atom is 0.0710 e. The lowest BCUT2D eigenvalue weighted by molar-refractivity contribution is -0.0758. The smallest absolute Gasteiger partial charge is 0.0710 e. The van der Waals surface area contributed by atoms with E-state index < -0.39 is 0 Å². The first kappa shape index (κ1) is 14.3. The van der Waals surface area contributed by atoms with Crippen molar-refractivity contribution in [3.05, 3.63) is 0 Å². The van der Waals surface area contributed by atoms with Gasteiger partial charge in [0.2, 0.25) is 0 Å². The SMILES string of the molecule is BrCC1CCCCN1CC1CCC2(CCCCC2)O1. The molecule has 1 aliphatic carbocycles. The number of rotatable bonds is 3. The van der Waals surface area contributed by atoms with E-state index >= 15 is 0 Å². The lowest BCUT2D eigenvalue weighted by Gasteiger charge is -2.38. The highest BCUT2D eigenvalue weighted by molar-refractivity contribution is 9.09. The molecule has 1 saturated carbocycles. The van der Waals surface area contributed by atoms with E-state index in [-0.39, 0.29) is 0 Å². The lowest BCUT2D eigenvalue weighted by atomic mass is 9.83. The first-order chi connectivity index (χ1) is 9.31. The molecule has 2 nitrogen and oxygen atoms in total. The Kier molecular flexibility index (Phi) is 4.86. The Morgan fingerprint density at radius 1 is 1.00 bits per heavy atom. The van der Waals surface area contributed by atoms with Crippen molar-refractivity contribution in [1.29, 1.82) is 0 Å². The van der Waals surface area contributed by atoms with Crippen molar-refractivity contribution >= 4 is 15.9 Å². The van der Waals surface area contributed by atoms with Crippen molar-refractivity contribution in [2.24, 2.45) is 0 Å². The molecule has 2 heterocycles. The van der Waals surface area contributed by atoms with Crippen LogP contribution in [0.5, 0.6) is 0 Å². The number of nitrogens with zero attached hydrogens (tertiary/aromatic N) is 1. The fraction of sp³-hybridized carbons (Fsp3) is 1.00. The average Bonchev–Trinajstić information content (AvgIpc) is 2.83. The van der Waals surface area contributed by atoms with Gasteiger partial charge in [0, 0.05) is 17.9 Å². The van der Waals surface area contributed by atoms with E-state index in [4.69, 9.17) is 4.74 Å². The molecule has 2 saturated heterocycles. The fourth-order valence-corrected chi connectivity index (χ4v) is 5.06. The highest BCUT2D eigenvalue weighted by Crippen LogP contribution is 2.42. The normalized spacial score (nSPS) is 35.8. The van der Waals surface area contributed by atoms with Crippen LogP contribution in [0.3, 0.4) is 0 Å². The molecule has 3 rings (SSSR count). The van der Waals surface area contributed by atoms with Gasteiger partial charge in [-0.15, -0.1) is 0 Å². The molecule has 3 aliphatic rings. The van der Waals surface area contributed by atoms with Gasteiger partial charge in [-0.1, -0.05) is 41.6 Å². The summed E-state index contributed by atoms with van der Waals surface area (Å²) in [6, 6.07) is 0.750. The molecule has 2 unspecified atom stereocenters. The zero-order valence-corrected chi connectivity index (χ0v) is 13.7. The number of likely N-dealkylation sites (tertiary alicyclic amines) is 1. The van der Waals surface area contributed by atoms with Crippen LogP contribution in [-0.2, 0) is 4.74 Å². The minimum absolute atomic E-state index is 0.294. The molecular weight excluding hydrogens is 302 g/mol. The van der Waals surface area contributed by atoms with Crippen molar-refractivity contribution in [2.75, 3.05) is 18.4 Å². The summed E-state index contributed by atoms with van der Waals surface area (Å²) in [4.78, 5) is 2.69. The van der Waals surface area contributed by atoms with Gasteiger partial charge < -0.3 is 4.74 Å². The number of halogens is 1. The number of hydrogen-bond acceptors (Lipinski definition) is 2. The Bertz CT molecular complexity index is 290. The van der Waals surface area contributed by atoms with Gasteiger partial charge >= 0.3 is 0 Å². The molecule has 1 spiro atoms. The van der Waals surface area contributed by atoms with E-state index in [1.807, 2.05) is 0 Å². The molecule has 110 valence electrons. The standard InChI is InChI=1S/C16H28BrNO/c17-12-14-6-2-5-11-18(14)13-15-7-10-16(19-15)8-3-1-4-9-16/h14-15H,1-13H2. The third kappa shape index (κ3) is 3.36. The summed E-state index contributed by atoms with van der Waals surface area (Å²) in [5, 5.41) is 1.13. The van der Waals surface area contributed by atoms with E-state index in [1.54, 1.807) is 0 Å². The van der Waals surface area contributed by atoms with Crippen LogP contribution in [0.4, 0.5) is 0 Å². The van der Waals surface area contributed by atoms with Gasteiger partial charge in [-0.2, -0.15) is 0 Å². The van der Waals surface area contributed by atoms with Crippen LogP contribution in [0.1, 0.15) is 64.2 Å². The lowest BCUT2D eigenvalue weighted by Crippen LogP contribution is -2.45. The third-order valence-electron chi connectivity index (χ3n) is 5.47. The molecule has 0 amide bonds. The van der Waals surface area contributed by atoms with Gasteiger partial charge in [0.25, 0.3) is 0 Å². The summed E-state index contributed by atoms with van der Waals surface area (Å²) < 4.78 is 6.53. The van der Waals surface area contributed by atoms with Gasteiger partial charge in [-0.3, -0.25) is 4.90 Å². The molecule has 0 aromatic heterocycles. The number of piperidine rings is 1. The van der Waals surface area contributed by atoms with Gasteiger partial charge in [-0.05, 0) is 45.1 Å². The Labute approximate surface area is 126 Å². The number of alkyl halides is 1. The number of ether oxygens (including phenoxy) is 1. The molecule has 0 aromatic carbocycles. The van der Waals surface area contributed by atoms with E-state index in [9.17, 15) is 0 Å². The molecule has 19 heavy (non-hydrogen) atoms. The summed E-state index contributed by atoms with van der Waals surface area (Å²) in [7, 11) is 0. The minimum atomic E-state index is 0.294. The minimum Gasteiger partial charge on any atom is -0.370 e. The van der Waals surface area contributed by atoms with E-state index in [2.05, 4.69) is 20.8 Å². The van der Waals surface area contributed by atoms with Crippen LogP contribution < -0.4 is 0 Å². The zero-order chi connectivity index (χ0) is 13.1. The summed E-state index contributed by atoms with van der Waals surface area (Å²) in [5.74, 6) is 0. The molecule has 0 radical (unpaired) electrons. The molecule has 2 aliphatic heterocycles. The van der Waals surface area contributed by atoms with Crippen LogP contribution >= 0.6 is 15.9 Å². The maximum atomic E-state index is 6.53. The Hall–Kier alpha value is 0.400. The summed E-state index contributed by atoms with van der Waals surface area (Å²) >= 11 is 3.69. The van der Waals surface area contributed by atoms with E-state index in [0.717, 1.165) is 11.4 Å². The predicted octanol–water partition coefficient (Wildman–Crippen LogP) is 4.12. The van der Waals surface area contributed by atoms with Crippen LogP contribution in [-0.4, -0.2) is 41.1 Å². The van der Waals surface area contributed by atoms with Crippen molar-refractivity contribution in [1.82, 2.24) is 4.90 Å². The molecule has 3 fully saturated rings. The monoisotopic (exact) mass is 329 g/mol. The largest absolute Gasteiger partial charge is 0.370 e. The molecular formula is C16H28BrNO. The van der Waals surface area contributed by atoms with Crippen molar-refractivity contribution in [2.45, 2.75) is 82.0 Å². The summed E-state index contributed by atoms with van der Waals surface area (Å²) in [5.41, 5.74) is 0.294. The first-order valence-corrected chi connectivity index (χ1v) is 9.41. The second-order valence-electron chi connectivity index (χ2n) is 6.82. The van der Waals surface area contributed by atoms with Crippen LogP contribution in [0.2, 0.25) is 0 Å². The molecule has 0 bridgehead atoms. The van der Waals surface area contributed by atoms with Gasteiger partial charge in [-0.25, -0.2) is 0 Å². The van der Waals surface area contributed by atoms with Crippen LogP contribution in [0.25, 0.3) is 0 Å². The third-order valence-corrected chi connectivity index (χ3v) is 6.22. The Morgan fingerprint density at radius 3 is 2.63 bits per heavy atom. The van der Waals surface area contributed by atoms with Crippen molar-refractivity contribution in [3.63, 3.8) is 0 Å². The fourth-order valence-electron chi connectivity index (χ4n) is 4.32. The highest BCUT2D eigenvalue weighted by Gasteiger charge is 2.41. The van der Waals surface area contributed by atoms with E-state index in [0.29, 0.717) is 11.7 Å². The zero-order valence-electron chi connectivity index (χ0n) is 12.1.